The third-order valence-corrected chi connectivity index (χ3v) is 2.79. The van der Waals surface area contributed by atoms with Gasteiger partial charge in [-0.05, 0) is 12.5 Å². The number of nitrogens with two attached hydrogens (primary N) is 1. The highest BCUT2D eigenvalue weighted by Crippen LogP contribution is 2.06. The van der Waals surface area contributed by atoms with E-state index in [0.29, 0.717) is 19.7 Å². The Balaban J connectivity index is 2.53. The maximum atomic E-state index is 9.12. The van der Waals surface area contributed by atoms with Gasteiger partial charge < -0.3 is 15.6 Å². The minimum Gasteiger partial charge on any atom is -0.395 e. The average molecular weight is 252 g/mol. The summed E-state index contributed by atoms with van der Waals surface area (Å²) in [5.41, 5.74) is 6.92. The number of aliphatic hydroxyl groups is 1. The first-order valence-corrected chi connectivity index (χ1v) is 6.49. The van der Waals surface area contributed by atoms with Gasteiger partial charge in [-0.25, -0.2) is 0 Å². The van der Waals surface area contributed by atoms with Gasteiger partial charge in [0.05, 0.1) is 12.7 Å². The molecule has 4 heteroatoms. The molecule has 0 saturated carbocycles. The van der Waals surface area contributed by atoms with Gasteiger partial charge in [0.15, 0.2) is 0 Å². The molecule has 1 atom stereocenters. The third kappa shape index (κ3) is 5.60. The highest BCUT2D eigenvalue weighted by Gasteiger charge is 2.13. The van der Waals surface area contributed by atoms with Crippen molar-refractivity contribution in [2.45, 2.75) is 19.6 Å². The maximum absolute atomic E-state index is 9.12. The van der Waals surface area contributed by atoms with Gasteiger partial charge >= 0.3 is 0 Å². The smallest absolute Gasteiger partial charge is 0.0823 e. The van der Waals surface area contributed by atoms with Crippen molar-refractivity contribution in [2.75, 3.05) is 32.8 Å². The summed E-state index contributed by atoms with van der Waals surface area (Å²) in [6.07, 6.45) is 0.0327. The zero-order chi connectivity index (χ0) is 13.2. The first-order chi connectivity index (χ1) is 8.80. The molecule has 0 saturated heterocycles. The van der Waals surface area contributed by atoms with Gasteiger partial charge in [0.2, 0.25) is 0 Å². The second-order valence-electron chi connectivity index (χ2n) is 4.26. The number of nitrogens with zero attached hydrogens (tertiary/aromatic N) is 1. The standard InChI is InChI=1S/C14H24N2O2/c1-2-18-14(10-15)12-16(8-9-17)11-13-6-4-3-5-7-13/h3-7,14,17H,2,8-12,15H2,1H3. The predicted molar refractivity (Wildman–Crippen MR) is 73.3 cm³/mol. The van der Waals surface area contributed by atoms with Crippen LogP contribution in [0.15, 0.2) is 30.3 Å². The lowest BCUT2D eigenvalue weighted by atomic mass is 10.2. The van der Waals surface area contributed by atoms with E-state index in [4.69, 9.17) is 15.6 Å². The van der Waals surface area contributed by atoms with Crippen molar-refractivity contribution < 1.29 is 9.84 Å². The number of aliphatic hydroxyl groups excluding tert-OH is 1. The fraction of sp³-hybridized carbons (Fsp3) is 0.571. The van der Waals surface area contributed by atoms with E-state index in [1.807, 2.05) is 25.1 Å². The van der Waals surface area contributed by atoms with Crippen molar-refractivity contribution >= 4 is 0 Å². The fourth-order valence-electron chi connectivity index (χ4n) is 1.94. The minimum absolute atomic E-state index is 0.0327. The molecule has 0 heterocycles. The second-order valence-corrected chi connectivity index (χ2v) is 4.26. The van der Waals surface area contributed by atoms with Crippen LogP contribution in [0.2, 0.25) is 0 Å². The summed E-state index contributed by atoms with van der Waals surface area (Å²) in [6.45, 7) is 5.49. The number of benzene rings is 1. The quantitative estimate of drug-likeness (QED) is 0.684. The molecule has 1 rings (SSSR count). The van der Waals surface area contributed by atoms with Crippen LogP contribution >= 0.6 is 0 Å². The number of hydrogen-bond donors (Lipinski definition) is 2. The largest absolute Gasteiger partial charge is 0.395 e. The summed E-state index contributed by atoms with van der Waals surface area (Å²) in [6, 6.07) is 10.2. The Morgan fingerprint density at radius 2 is 2.06 bits per heavy atom. The molecule has 0 aromatic heterocycles. The monoisotopic (exact) mass is 252 g/mol. The van der Waals surface area contributed by atoms with Crippen LogP contribution in [0.25, 0.3) is 0 Å². The summed E-state index contributed by atoms with van der Waals surface area (Å²) in [5, 5.41) is 9.12. The van der Waals surface area contributed by atoms with Crippen LogP contribution in [0.4, 0.5) is 0 Å². The molecule has 3 N–H and O–H groups in total. The summed E-state index contributed by atoms with van der Waals surface area (Å²) in [5.74, 6) is 0. The molecule has 1 unspecified atom stereocenters. The highest BCUT2D eigenvalue weighted by atomic mass is 16.5. The fourth-order valence-corrected chi connectivity index (χ4v) is 1.94. The lowest BCUT2D eigenvalue weighted by Crippen LogP contribution is -2.39. The lowest BCUT2D eigenvalue weighted by Gasteiger charge is -2.26. The highest BCUT2D eigenvalue weighted by molar-refractivity contribution is 5.14. The zero-order valence-corrected chi connectivity index (χ0v) is 11.1. The first kappa shape index (κ1) is 15.1. The van der Waals surface area contributed by atoms with E-state index in [9.17, 15) is 0 Å². The average Bonchev–Trinajstić information content (AvgIpc) is 2.39. The van der Waals surface area contributed by atoms with E-state index in [1.165, 1.54) is 5.56 Å². The molecule has 0 aliphatic carbocycles. The van der Waals surface area contributed by atoms with Crippen LogP contribution in [-0.2, 0) is 11.3 Å². The van der Waals surface area contributed by atoms with E-state index in [-0.39, 0.29) is 12.7 Å². The molecule has 18 heavy (non-hydrogen) atoms. The lowest BCUT2D eigenvalue weighted by molar-refractivity contribution is 0.0329. The van der Waals surface area contributed by atoms with Crippen LogP contribution in [0.5, 0.6) is 0 Å². The Kier molecular flexibility index (Phi) is 7.60. The molecule has 102 valence electrons. The zero-order valence-electron chi connectivity index (χ0n) is 11.1. The molecule has 0 aliphatic rings. The van der Waals surface area contributed by atoms with Gasteiger partial charge in [-0.3, -0.25) is 4.90 Å². The van der Waals surface area contributed by atoms with Gasteiger partial charge in [0.25, 0.3) is 0 Å². The SMILES string of the molecule is CCOC(CN)CN(CCO)Cc1ccccc1. The normalized spacial score (nSPS) is 12.9. The van der Waals surface area contributed by atoms with Crippen molar-refractivity contribution in [3.63, 3.8) is 0 Å². The van der Waals surface area contributed by atoms with Gasteiger partial charge in [-0.2, -0.15) is 0 Å². The molecule has 0 fully saturated rings. The Morgan fingerprint density at radius 1 is 1.33 bits per heavy atom. The summed E-state index contributed by atoms with van der Waals surface area (Å²) < 4.78 is 5.56. The summed E-state index contributed by atoms with van der Waals surface area (Å²) in [4.78, 5) is 2.17. The second kappa shape index (κ2) is 9.05. The van der Waals surface area contributed by atoms with Crippen LogP contribution in [-0.4, -0.2) is 49.0 Å². The Morgan fingerprint density at radius 3 is 2.61 bits per heavy atom. The number of hydrogen-bond acceptors (Lipinski definition) is 4. The molecule has 0 radical (unpaired) electrons. The first-order valence-electron chi connectivity index (χ1n) is 6.49. The van der Waals surface area contributed by atoms with E-state index in [0.717, 1.165) is 13.1 Å². The van der Waals surface area contributed by atoms with E-state index in [1.54, 1.807) is 0 Å². The van der Waals surface area contributed by atoms with Crippen LogP contribution in [0.1, 0.15) is 12.5 Å². The van der Waals surface area contributed by atoms with Gasteiger partial charge in [-0.1, -0.05) is 30.3 Å². The van der Waals surface area contributed by atoms with Crippen molar-refractivity contribution in [1.29, 1.82) is 0 Å². The molecule has 0 bridgehead atoms. The summed E-state index contributed by atoms with van der Waals surface area (Å²) >= 11 is 0. The van der Waals surface area contributed by atoms with Gasteiger partial charge in [0, 0.05) is 32.8 Å². The molecule has 0 spiro atoms. The maximum Gasteiger partial charge on any atom is 0.0823 e. The Labute approximate surface area is 109 Å². The molecule has 0 aliphatic heterocycles. The van der Waals surface area contributed by atoms with E-state index in [2.05, 4.69) is 17.0 Å². The molecular formula is C14H24N2O2. The van der Waals surface area contributed by atoms with Crippen LogP contribution in [0.3, 0.4) is 0 Å². The van der Waals surface area contributed by atoms with Crippen molar-refractivity contribution in [3.05, 3.63) is 35.9 Å². The van der Waals surface area contributed by atoms with E-state index < -0.39 is 0 Å². The molecular weight excluding hydrogens is 228 g/mol. The molecule has 4 nitrogen and oxygen atoms in total. The minimum atomic E-state index is 0.0327. The van der Waals surface area contributed by atoms with Gasteiger partial charge in [-0.15, -0.1) is 0 Å². The molecule has 1 aromatic rings. The summed E-state index contributed by atoms with van der Waals surface area (Å²) in [7, 11) is 0. The van der Waals surface area contributed by atoms with Crippen molar-refractivity contribution in [3.8, 4) is 0 Å². The topological polar surface area (TPSA) is 58.7 Å². The van der Waals surface area contributed by atoms with Gasteiger partial charge in [0.1, 0.15) is 0 Å². The number of ether oxygens (including phenoxy) is 1. The number of rotatable bonds is 9. The predicted octanol–water partition coefficient (Wildman–Crippen LogP) is 0.845. The Bertz CT molecular complexity index is 306. The van der Waals surface area contributed by atoms with Crippen molar-refractivity contribution in [1.82, 2.24) is 4.90 Å². The van der Waals surface area contributed by atoms with E-state index >= 15 is 0 Å². The molecule has 1 aromatic carbocycles. The Hall–Kier alpha value is -0.940. The van der Waals surface area contributed by atoms with Crippen molar-refractivity contribution in [2.24, 2.45) is 5.73 Å². The third-order valence-electron chi connectivity index (χ3n) is 2.79. The molecule has 0 amide bonds. The van der Waals surface area contributed by atoms with Crippen LogP contribution < -0.4 is 5.73 Å². The van der Waals surface area contributed by atoms with Crippen LogP contribution in [0, 0.1) is 0 Å².